The van der Waals surface area contributed by atoms with E-state index in [1.54, 1.807) is 0 Å². The molecule has 0 amide bonds. The Morgan fingerprint density at radius 1 is 1.22 bits per heavy atom. The molecule has 1 heterocycles. The van der Waals surface area contributed by atoms with Gasteiger partial charge >= 0.3 is 0 Å². The van der Waals surface area contributed by atoms with E-state index in [1.807, 2.05) is 24.3 Å². The van der Waals surface area contributed by atoms with Gasteiger partial charge in [0.2, 0.25) is 0 Å². The minimum absolute atomic E-state index is 0.173. The highest BCUT2D eigenvalue weighted by molar-refractivity contribution is 7.84. The molecule has 1 atom stereocenters. The molecule has 1 saturated heterocycles. The number of hydrogen-bond donors (Lipinski definition) is 0. The minimum Gasteiger partial charge on any atom is -0.353 e. The maximum atomic E-state index is 11.9. The van der Waals surface area contributed by atoms with Crippen LogP contribution < -0.4 is 0 Å². The van der Waals surface area contributed by atoms with Crippen molar-refractivity contribution in [1.82, 2.24) is 0 Å². The number of rotatable bonds is 5. The summed E-state index contributed by atoms with van der Waals surface area (Å²) in [7, 11) is -0.882. The first-order valence-corrected chi connectivity index (χ1v) is 7.93. The van der Waals surface area contributed by atoms with Crippen LogP contribution in [0.4, 0.5) is 0 Å². The fourth-order valence-corrected chi connectivity index (χ4v) is 3.06. The average molecular weight is 289 g/mol. The molecule has 0 N–H and O–H groups in total. The largest absolute Gasteiger partial charge is 0.353 e. The molecule has 5 heteroatoms. The van der Waals surface area contributed by atoms with Crippen LogP contribution in [0.15, 0.2) is 24.3 Å². The van der Waals surface area contributed by atoms with Gasteiger partial charge in [0.05, 0.1) is 13.2 Å². The molecular formula is C13H17ClO3S. The average Bonchev–Trinajstić information content (AvgIpc) is 2.40. The molecule has 3 nitrogen and oxygen atoms in total. The lowest BCUT2D eigenvalue weighted by molar-refractivity contribution is -0.178. The summed E-state index contributed by atoms with van der Waals surface area (Å²) in [6.07, 6.45) is 1.47. The molecule has 1 aromatic rings. The topological polar surface area (TPSA) is 35.5 Å². The smallest absolute Gasteiger partial charge is 0.158 e. The predicted octanol–water partition coefficient (Wildman–Crippen LogP) is 2.74. The summed E-state index contributed by atoms with van der Waals surface area (Å²) < 4.78 is 22.7. The highest BCUT2D eigenvalue weighted by atomic mass is 35.5. The molecule has 0 radical (unpaired) electrons. The maximum absolute atomic E-state index is 11.9. The van der Waals surface area contributed by atoms with Crippen LogP contribution in [0.25, 0.3) is 0 Å². The van der Waals surface area contributed by atoms with E-state index in [2.05, 4.69) is 0 Å². The molecule has 0 aliphatic carbocycles. The first-order valence-electron chi connectivity index (χ1n) is 6.06. The number of hydrogen-bond acceptors (Lipinski definition) is 3. The Kier molecular flexibility index (Phi) is 5.63. The Bertz CT molecular complexity index is 388. The van der Waals surface area contributed by atoms with Crippen LogP contribution in [-0.2, 0) is 26.0 Å². The Morgan fingerprint density at radius 3 is 2.56 bits per heavy atom. The molecule has 1 unspecified atom stereocenters. The van der Waals surface area contributed by atoms with Gasteiger partial charge in [-0.05, 0) is 24.1 Å². The molecule has 1 aliphatic rings. The standard InChI is InChI=1S/C13H17ClO3S/c14-12-4-2-11(3-5-12)10-18(15)9-6-13-16-7-1-8-17-13/h2-5,13H,1,6-10H2. The van der Waals surface area contributed by atoms with Crippen LogP contribution in [0.1, 0.15) is 18.4 Å². The van der Waals surface area contributed by atoms with Crippen molar-refractivity contribution >= 4 is 22.4 Å². The predicted molar refractivity (Wildman–Crippen MR) is 73.1 cm³/mol. The van der Waals surface area contributed by atoms with Gasteiger partial charge in [-0.1, -0.05) is 23.7 Å². The van der Waals surface area contributed by atoms with Crippen LogP contribution in [0, 0.1) is 0 Å². The fraction of sp³-hybridized carbons (Fsp3) is 0.538. The summed E-state index contributed by atoms with van der Waals surface area (Å²) in [5.74, 6) is 1.16. The quantitative estimate of drug-likeness (QED) is 0.836. The Hall–Kier alpha value is -0.420. The van der Waals surface area contributed by atoms with E-state index < -0.39 is 10.8 Å². The Morgan fingerprint density at radius 2 is 1.89 bits per heavy atom. The molecular weight excluding hydrogens is 272 g/mol. The van der Waals surface area contributed by atoms with Gasteiger partial charge in [-0.2, -0.15) is 0 Å². The second kappa shape index (κ2) is 7.24. The lowest BCUT2D eigenvalue weighted by atomic mass is 10.2. The van der Waals surface area contributed by atoms with E-state index >= 15 is 0 Å². The molecule has 1 aromatic carbocycles. The second-order valence-corrected chi connectivity index (χ2v) is 6.24. The number of benzene rings is 1. The van der Waals surface area contributed by atoms with Crippen molar-refractivity contribution in [2.45, 2.75) is 24.9 Å². The highest BCUT2D eigenvalue weighted by Crippen LogP contribution is 2.13. The molecule has 2 rings (SSSR count). The summed E-state index contributed by atoms with van der Waals surface area (Å²) >= 11 is 5.80. The Labute approximate surface area is 115 Å². The van der Waals surface area contributed by atoms with Crippen LogP contribution in [0.3, 0.4) is 0 Å². The monoisotopic (exact) mass is 288 g/mol. The van der Waals surface area contributed by atoms with Gasteiger partial charge in [0.15, 0.2) is 6.29 Å². The van der Waals surface area contributed by atoms with Gasteiger partial charge in [0.1, 0.15) is 0 Å². The summed E-state index contributed by atoms with van der Waals surface area (Å²) in [5.41, 5.74) is 1.04. The van der Waals surface area contributed by atoms with E-state index in [0.29, 0.717) is 22.9 Å². The van der Waals surface area contributed by atoms with Crippen molar-refractivity contribution in [3.05, 3.63) is 34.9 Å². The van der Waals surface area contributed by atoms with Gasteiger partial charge in [-0.15, -0.1) is 0 Å². The zero-order valence-corrected chi connectivity index (χ0v) is 11.7. The van der Waals surface area contributed by atoms with Crippen LogP contribution in [-0.4, -0.2) is 29.5 Å². The molecule has 1 fully saturated rings. The summed E-state index contributed by atoms with van der Waals surface area (Å²) in [4.78, 5) is 0. The first kappa shape index (κ1) is 14.0. The van der Waals surface area contributed by atoms with Gasteiger partial charge in [0, 0.05) is 33.7 Å². The van der Waals surface area contributed by atoms with Crippen molar-refractivity contribution < 1.29 is 13.7 Å². The van der Waals surface area contributed by atoms with Crippen molar-refractivity contribution in [3.8, 4) is 0 Å². The zero-order chi connectivity index (χ0) is 12.8. The molecule has 0 saturated carbocycles. The van der Waals surface area contributed by atoms with Crippen molar-refractivity contribution in [3.63, 3.8) is 0 Å². The summed E-state index contributed by atoms with van der Waals surface area (Å²) in [5, 5.41) is 0.702. The van der Waals surface area contributed by atoms with Crippen LogP contribution in [0.2, 0.25) is 5.02 Å². The van der Waals surface area contributed by atoms with Crippen molar-refractivity contribution in [2.24, 2.45) is 0 Å². The second-order valence-electron chi connectivity index (χ2n) is 4.23. The van der Waals surface area contributed by atoms with Gasteiger partial charge in [-0.25, -0.2) is 0 Å². The van der Waals surface area contributed by atoms with Gasteiger partial charge < -0.3 is 9.47 Å². The van der Waals surface area contributed by atoms with Crippen LogP contribution in [0.5, 0.6) is 0 Å². The molecule has 100 valence electrons. The van der Waals surface area contributed by atoms with E-state index in [4.69, 9.17) is 21.1 Å². The zero-order valence-electron chi connectivity index (χ0n) is 10.1. The van der Waals surface area contributed by atoms with Crippen molar-refractivity contribution in [1.29, 1.82) is 0 Å². The van der Waals surface area contributed by atoms with Crippen molar-refractivity contribution in [2.75, 3.05) is 19.0 Å². The number of halogens is 1. The minimum atomic E-state index is -0.882. The fourth-order valence-electron chi connectivity index (χ4n) is 1.77. The molecule has 0 bridgehead atoms. The molecule has 0 spiro atoms. The number of ether oxygens (including phenoxy) is 2. The van der Waals surface area contributed by atoms with Crippen LogP contribution >= 0.6 is 11.6 Å². The van der Waals surface area contributed by atoms with Gasteiger partial charge in [0.25, 0.3) is 0 Å². The Balaban J connectivity index is 1.73. The maximum Gasteiger partial charge on any atom is 0.158 e. The third-order valence-electron chi connectivity index (χ3n) is 2.72. The van der Waals surface area contributed by atoms with E-state index in [-0.39, 0.29) is 6.29 Å². The molecule has 0 aromatic heterocycles. The third kappa shape index (κ3) is 4.69. The normalized spacial score (nSPS) is 18.7. The summed E-state index contributed by atoms with van der Waals surface area (Å²) in [6.45, 7) is 1.49. The molecule has 1 aliphatic heterocycles. The molecule has 18 heavy (non-hydrogen) atoms. The summed E-state index contributed by atoms with van der Waals surface area (Å²) in [6, 6.07) is 7.46. The van der Waals surface area contributed by atoms with E-state index in [0.717, 1.165) is 25.2 Å². The van der Waals surface area contributed by atoms with E-state index in [1.165, 1.54) is 0 Å². The van der Waals surface area contributed by atoms with E-state index in [9.17, 15) is 4.21 Å². The lowest BCUT2D eigenvalue weighted by Crippen LogP contribution is -2.26. The third-order valence-corrected chi connectivity index (χ3v) is 4.32. The SMILES string of the molecule is O=S(CCC1OCCCO1)Cc1ccc(Cl)cc1. The highest BCUT2D eigenvalue weighted by Gasteiger charge is 2.15. The lowest BCUT2D eigenvalue weighted by Gasteiger charge is -2.22. The van der Waals surface area contributed by atoms with Gasteiger partial charge in [-0.3, -0.25) is 4.21 Å². The first-order chi connectivity index (χ1) is 8.74.